The van der Waals surface area contributed by atoms with E-state index in [2.05, 4.69) is 15.3 Å². The van der Waals surface area contributed by atoms with Gasteiger partial charge in [0.25, 0.3) is 5.91 Å². The van der Waals surface area contributed by atoms with Crippen molar-refractivity contribution >= 4 is 23.2 Å². The molecule has 2 aromatic heterocycles. The summed E-state index contributed by atoms with van der Waals surface area (Å²) in [4.78, 5) is 19.3. The fraction of sp³-hybridized carbons (Fsp3) is 0.105. The minimum Gasteiger partial charge on any atom is -0.503 e. The molecule has 30 heavy (non-hydrogen) atoms. The van der Waals surface area contributed by atoms with Crippen LogP contribution >= 0.6 is 11.6 Å². The Morgan fingerprint density at radius 2 is 1.83 bits per heavy atom. The SMILES string of the molecule is COc1ccnc(C(=O)Nc2ccc(Oc3cc(Cl)nc(C(F)(F)F)c3)cc2)c1O. The molecule has 2 heterocycles. The molecule has 3 aromatic rings. The largest absolute Gasteiger partial charge is 0.503 e. The third-order valence-corrected chi connectivity index (χ3v) is 3.92. The fourth-order valence-corrected chi connectivity index (χ4v) is 2.58. The normalized spacial score (nSPS) is 11.1. The molecule has 1 amide bonds. The first kappa shape index (κ1) is 21.2. The van der Waals surface area contributed by atoms with Crippen molar-refractivity contribution in [2.24, 2.45) is 0 Å². The summed E-state index contributed by atoms with van der Waals surface area (Å²) in [6, 6.07) is 9.03. The molecule has 0 unspecified atom stereocenters. The predicted octanol–water partition coefficient (Wildman–Crippen LogP) is 4.91. The van der Waals surface area contributed by atoms with Crippen LogP contribution in [0, 0.1) is 0 Å². The summed E-state index contributed by atoms with van der Waals surface area (Å²) in [5.41, 5.74) is -1.08. The molecule has 0 aliphatic rings. The van der Waals surface area contributed by atoms with E-state index in [4.69, 9.17) is 21.1 Å². The number of carbonyl (C=O) groups excluding carboxylic acids is 1. The van der Waals surface area contributed by atoms with Crippen molar-refractivity contribution in [1.82, 2.24) is 9.97 Å². The first-order valence-corrected chi connectivity index (χ1v) is 8.61. The Bertz CT molecular complexity index is 1080. The van der Waals surface area contributed by atoms with Gasteiger partial charge in [-0.25, -0.2) is 9.97 Å². The van der Waals surface area contributed by atoms with Crippen molar-refractivity contribution in [3.8, 4) is 23.0 Å². The summed E-state index contributed by atoms with van der Waals surface area (Å²) >= 11 is 5.62. The van der Waals surface area contributed by atoms with Crippen molar-refractivity contribution in [3.63, 3.8) is 0 Å². The zero-order valence-corrected chi connectivity index (χ0v) is 16.0. The summed E-state index contributed by atoms with van der Waals surface area (Å²) < 4.78 is 48.8. The van der Waals surface area contributed by atoms with Gasteiger partial charge >= 0.3 is 6.18 Å². The summed E-state index contributed by atoms with van der Waals surface area (Å²) in [5.74, 6) is -0.952. The second-order valence-corrected chi connectivity index (χ2v) is 6.19. The van der Waals surface area contributed by atoms with Crippen LogP contribution in [-0.4, -0.2) is 28.1 Å². The summed E-state index contributed by atoms with van der Waals surface area (Å²) in [5, 5.41) is 12.1. The van der Waals surface area contributed by atoms with Crippen LogP contribution in [0.2, 0.25) is 5.15 Å². The predicted molar refractivity (Wildman–Crippen MR) is 101 cm³/mol. The van der Waals surface area contributed by atoms with E-state index < -0.39 is 23.5 Å². The Hall–Kier alpha value is -3.53. The lowest BCUT2D eigenvalue weighted by Gasteiger charge is -2.11. The number of alkyl halides is 3. The lowest BCUT2D eigenvalue weighted by Crippen LogP contribution is -2.14. The van der Waals surface area contributed by atoms with Crippen LogP contribution in [0.25, 0.3) is 0 Å². The lowest BCUT2D eigenvalue weighted by molar-refractivity contribution is -0.141. The van der Waals surface area contributed by atoms with E-state index in [9.17, 15) is 23.1 Å². The van der Waals surface area contributed by atoms with Gasteiger partial charge in [0.1, 0.15) is 22.3 Å². The average Bonchev–Trinajstić information content (AvgIpc) is 2.68. The Balaban J connectivity index is 1.73. The molecule has 2 N–H and O–H groups in total. The molecule has 156 valence electrons. The molecular weight excluding hydrogens is 427 g/mol. The van der Waals surface area contributed by atoms with E-state index in [0.717, 1.165) is 12.1 Å². The van der Waals surface area contributed by atoms with Crippen LogP contribution in [0.5, 0.6) is 23.0 Å². The number of nitrogens with zero attached hydrogens (tertiary/aromatic N) is 2. The number of rotatable bonds is 5. The van der Waals surface area contributed by atoms with Crippen LogP contribution in [0.1, 0.15) is 16.2 Å². The number of aromatic hydroxyl groups is 1. The van der Waals surface area contributed by atoms with E-state index in [1.165, 1.54) is 43.6 Å². The minimum absolute atomic E-state index is 0.0909. The van der Waals surface area contributed by atoms with Crippen molar-refractivity contribution in [2.75, 3.05) is 12.4 Å². The van der Waals surface area contributed by atoms with Gasteiger partial charge in [-0.2, -0.15) is 13.2 Å². The highest BCUT2D eigenvalue weighted by Crippen LogP contribution is 2.33. The quantitative estimate of drug-likeness (QED) is 0.549. The number of nitrogens with one attached hydrogen (secondary N) is 1. The van der Waals surface area contributed by atoms with Crippen LogP contribution < -0.4 is 14.8 Å². The first-order chi connectivity index (χ1) is 14.2. The molecule has 11 heteroatoms. The molecule has 0 bridgehead atoms. The van der Waals surface area contributed by atoms with Crippen molar-refractivity contribution in [3.05, 3.63) is 65.2 Å². The Morgan fingerprint density at radius 3 is 2.47 bits per heavy atom. The maximum atomic E-state index is 12.8. The highest BCUT2D eigenvalue weighted by molar-refractivity contribution is 6.29. The lowest BCUT2D eigenvalue weighted by atomic mass is 10.2. The van der Waals surface area contributed by atoms with Gasteiger partial charge in [0, 0.05) is 30.1 Å². The van der Waals surface area contributed by atoms with Crippen molar-refractivity contribution in [2.45, 2.75) is 6.18 Å². The molecule has 0 atom stereocenters. The number of ether oxygens (including phenoxy) is 2. The molecule has 7 nitrogen and oxygen atoms in total. The summed E-state index contributed by atoms with van der Waals surface area (Å²) in [6.45, 7) is 0. The first-order valence-electron chi connectivity index (χ1n) is 8.23. The number of pyridine rings is 2. The van der Waals surface area contributed by atoms with E-state index in [1.54, 1.807) is 0 Å². The maximum absolute atomic E-state index is 12.8. The van der Waals surface area contributed by atoms with Crippen molar-refractivity contribution in [1.29, 1.82) is 0 Å². The number of aromatic nitrogens is 2. The van der Waals surface area contributed by atoms with Gasteiger partial charge in [-0.05, 0) is 24.3 Å². The highest BCUT2D eigenvalue weighted by atomic mass is 35.5. The number of benzene rings is 1. The minimum atomic E-state index is -4.67. The number of anilines is 1. The van der Waals surface area contributed by atoms with E-state index in [1.807, 2.05) is 0 Å². The highest BCUT2D eigenvalue weighted by Gasteiger charge is 2.33. The molecular formula is C19H13ClF3N3O4. The van der Waals surface area contributed by atoms with E-state index in [-0.39, 0.29) is 28.1 Å². The van der Waals surface area contributed by atoms with Crippen LogP contribution in [-0.2, 0) is 6.18 Å². The van der Waals surface area contributed by atoms with Gasteiger partial charge in [-0.1, -0.05) is 11.6 Å². The standard InChI is InChI=1S/C19H13ClF3N3O4/c1-29-13-6-7-24-16(17(13)27)18(28)25-10-2-4-11(5-3-10)30-12-8-14(19(21,22)23)26-15(20)9-12/h2-9,27H,1H3,(H,25,28). The Kier molecular flexibility index (Phi) is 5.97. The molecule has 0 saturated carbocycles. The fourth-order valence-electron chi connectivity index (χ4n) is 2.38. The topological polar surface area (TPSA) is 93.6 Å². The second-order valence-electron chi connectivity index (χ2n) is 5.80. The zero-order valence-electron chi connectivity index (χ0n) is 15.2. The molecule has 0 spiro atoms. The van der Waals surface area contributed by atoms with Gasteiger partial charge in [0.15, 0.2) is 17.2 Å². The third-order valence-electron chi connectivity index (χ3n) is 3.73. The molecule has 0 aliphatic heterocycles. The number of halogens is 4. The van der Waals surface area contributed by atoms with Gasteiger partial charge < -0.3 is 19.9 Å². The number of methoxy groups -OCH3 is 1. The maximum Gasteiger partial charge on any atom is 0.433 e. The summed E-state index contributed by atoms with van der Waals surface area (Å²) in [6.07, 6.45) is -3.36. The Labute approximate surface area is 173 Å². The van der Waals surface area contributed by atoms with E-state index in [0.29, 0.717) is 5.69 Å². The smallest absolute Gasteiger partial charge is 0.433 e. The summed E-state index contributed by atoms with van der Waals surface area (Å²) in [7, 11) is 1.34. The Morgan fingerprint density at radius 1 is 1.13 bits per heavy atom. The molecule has 0 saturated heterocycles. The number of hydrogen-bond acceptors (Lipinski definition) is 6. The molecule has 0 aliphatic carbocycles. The van der Waals surface area contributed by atoms with E-state index >= 15 is 0 Å². The van der Waals surface area contributed by atoms with Crippen LogP contribution in [0.4, 0.5) is 18.9 Å². The van der Waals surface area contributed by atoms with Gasteiger partial charge in [-0.15, -0.1) is 0 Å². The van der Waals surface area contributed by atoms with Crippen LogP contribution in [0.15, 0.2) is 48.7 Å². The van der Waals surface area contributed by atoms with Gasteiger partial charge in [-0.3, -0.25) is 4.79 Å². The average molecular weight is 440 g/mol. The molecule has 0 radical (unpaired) electrons. The number of hydrogen-bond donors (Lipinski definition) is 2. The number of amides is 1. The monoisotopic (exact) mass is 439 g/mol. The van der Waals surface area contributed by atoms with Gasteiger partial charge in [0.2, 0.25) is 0 Å². The van der Waals surface area contributed by atoms with Gasteiger partial charge in [0.05, 0.1) is 7.11 Å². The zero-order chi connectivity index (χ0) is 21.9. The molecule has 1 aromatic carbocycles. The second kappa shape index (κ2) is 8.46. The van der Waals surface area contributed by atoms with Crippen LogP contribution in [0.3, 0.4) is 0 Å². The number of carbonyl (C=O) groups is 1. The molecule has 0 fully saturated rings. The van der Waals surface area contributed by atoms with Crippen molar-refractivity contribution < 1.29 is 32.5 Å². The molecule has 3 rings (SSSR count). The third kappa shape index (κ3) is 4.90.